The summed E-state index contributed by atoms with van der Waals surface area (Å²) >= 11 is 0. The number of benzene rings is 1. The molecule has 0 amide bonds. The SMILES string of the molecule is Cc1ccc(C(O)CCC[C@@H]2COC3(CCCCC3)O2)cc1. The summed E-state index contributed by atoms with van der Waals surface area (Å²) in [5.41, 5.74) is 2.24. The van der Waals surface area contributed by atoms with Crippen molar-refractivity contribution in [3.8, 4) is 0 Å². The highest BCUT2D eigenvalue weighted by Crippen LogP contribution is 2.38. The van der Waals surface area contributed by atoms with Crippen molar-refractivity contribution in [2.75, 3.05) is 6.61 Å². The number of aliphatic hydroxyl groups excluding tert-OH is 1. The molecule has 1 saturated heterocycles. The van der Waals surface area contributed by atoms with Crippen molar-refractivity contribution in [2.45, 2.75) is 76.3 Å². The number of rotatable bonds is 5. The van der Waals surface area contributed by atoms with E-state index < -0.39 is 0 Å². The molecule has 2 atom stereocenters. The lowest BCUT2D eigenvalue weighted by Crippen LogP contribution is -2.33. The zero-order valence-electron chi connectivity index (χ0n) is 13.6. The monoisotopic (exact) mass is 304 g/mol. The molecule has 1 unspecified atom stereocenters. The van der Waals surface area contributed by atoms with Crippen molar-refractivity contribution < 1.29 is 14.6 Å². The van der Waals surface area contributed by atoms with Gasteiger partial charge in [-0.2, -0.15) is 0 Å². The molecule has 22 heavy (non-hydrogen) atoms. The third-order valence-corrected chi connectivity index (χ3v) is 4.99. The van der Waals surface area contributed by atoms with Crippen LogP contribution in [0.1, 0.15) is 68.6 Å². The number of hydrogen-bond donors (Lipinski definition) is 1. The van der Waals surface area contributed by atoms with Gasteiger partial charge in [-0.15, -0.1) is 0 Å². The van der Waals surface area contributed by atoms with E-state index in [1.54, 1.807) is 0 Å². The fourth-order valence-electron chi connectivity index (χ4n) is 3.61. The zero-order valence-corrected chi connectivity index (χ0v) is 13.6. The van der Waals surface area contributed by atoms with E-state index in [4.69, 9.17) is 9.47 Å². The second-order valence-electron chi connectivity index (χ2n) is 6.88. The van der Waals surface area contributed by atoms with Crippen LogP contribution in [0.15, 0.2) is 24.3 Å². The highest BCUT2D eigenvalue weighted by Gasteiger charge is 2.41. The van der Waals surface area contributed by atoms with Crippen molar-refractivity contribution in [1.29, 1.82) is 0 Å². The molecular weight excluding hydrogens is 276 g/mol. The van der Waals surface area contributed by atoms with Crippen molar-refractivity contribution in [3.63, 3.8) is 0 Å². The Morgan fingerprint density at radius 2 is 1.91 bits per heavy atom. The lowest BCUT2D eigenvalue weighted by atomic mass is 9.94. The lowest BCUT2D eigenvalue weighted by Gasteiger charge is -2.31. The Labute approximate surface area is 133 Å². The zero-order chi connectivity index (χ0) is 15.4. The Morgan fingerprint density at radius 3 is 2.64 bits per heavy atom. The van der Waals surface area contributed by atoms with Crippen molar-refractivity contribution >= 4 is 0 Å². The van der Waals surface area contributed by atoms with E-state index in [1.807, 2.05) is 12.1 Å². The van der Waals surface area contributed by atoms with E-state index in [9.17, 15) is 5.11 Å². The van der Waals surface area contributed by atoms with Crippen LogP contribution in [0.4, 0.5) is 0 Å². The van der Waals surface area contributed by atoms with E-state index in [2.05, 4.69) is 19.1 Å². The summed E-state index contributed by atoms with van der Waals surface area (Å²) < 4.78 is 12.2. The smallest absolute Gasteiger partial charge is 0.168 e. The molecule has 1 aromatic carbocycles. The Balaban J connectivity index is 1.41. The van der Waals surface area contributed by atoms with Gasteiger partial charge in [-0.05, 0) is 44.6 Å². The normalized spacial score (nSPS) is 25.5. The van der Waals surface area contributed by atoms with Gasteiger partial charge in [0.2, 0.25) is 0 Å². The Bertz CT molecular complexity index is 462. The Morgan fingerprint density at radius 1 is 1.18 bits per heavy atom. The van der Waals surface area contributed by atoms with Crippen LogP contribution < -0.4 is 0 Å². The summed E-state index contributed by atoms with van der Waals surface area (Å²) in [6.07, 6.45) is 8.43. The van der Waals surface area contributed by atoms with Gasteiger partial charge in [0.15, 0.2) is 5.79 Å². The van der Waals surface area contributed by atoms with Gasteiger partial charge in [0.1, 0.15) is 0 Å². The number of aliphatic hydroxyl groups is 1. The molecule has 1 heterocycles. The number of aryl methyl sites for hydroxylation is 1. The van der Waals surface area contributed by atoms with Crippen molar-refractivity contribution in [2.24, 2.45) is 0 Å². The van der Waals surface area contributed by atoms with Gasteiger partial charge < -0.3 is 14.6 Å². The predicted molar refractivity (Wildman–Crippen MR) is 86.6 cm³/mol. The van der Waals surface area contributed by atoms with Crippen LogP contribution in [0.3, 0.4) is 0 Å². The van der Waals surface area contributed by atoms with Crippen LogP contribution in [0, 0.1) is 6.92 Å². The molecule has 0 radical (unpaired) electrons. The summed E-state index contributed by atoms with van der Waals surface area (Å²) in [6, 6.07) is 8.15. The summed E-state index contributed by atoms with van der Waals surface area (Å²) in [4.78, 5) is 0. The molecule has 3 heteroatoms. The van der Waals surface area contributed by atoms with Gasteiger partial charge in [-0.3, -0.25) is 0 Å². The third kappa shape index (κ3) is 3.89. The summed E-state index contributed by atoms with van der Waals surface area (Å²) in [5, 5.41) is 10.3. The Hall–Kier alpha value is -0.900. The summed E-state index contributed by atoms with van der Waals surface area (Å²) in [6.45, 7) is 2.79. The molecule has 3 rings (SSSR count). The first-order chi connectivity index (χ1) is 10.7. The quantitative estimate of drug-likeness (QED) is 0.882. The minimum atomic E-state index is -0.369. The lowest BCUT2D eigenvalue weighted by molar-refractivity contribution is -0.187. The standard InChI is InChI=1S/C19H28O3/c1-15-8-10-16(11-9-15)18(20)7-5-6-17-14-21-19(22-17)12-3-2-4-13-19/h8-11,17-18,20H,2-7,12-14H2,1H3/t17-,18?/m1/s1. The predicted octanol–water partition coefficient (Wildman–Crippen LogP) is 4.27. The first kappa shape index (κ1) is 16.0. The average molecular weight is 304 g/mol. The van der Waals surface area contributed by atoms with E-state index >= 15 is 0 Å². The van der Waals surface area contributed by atoms with E-state index in [0.717, 1.165) is 44.3 Å². The molecule has 3 nitrogen and oxygen atoms in total. The maximum atomic E-state index is 10.3. The molecule has 1 aliphatic heterocycles. The van der Waals surface area contributed by atoms with Crippen LogP contribution in [-0.2, 0) is 9.47 Å². The molecule has 1 N–H and O–H groups in total. The molecule has 1 aliphatic carbocycles. The van der Waals surface area contributed by atoms with Crippen LogP contribution >= 0.6 is 0 Å². The van der Waals surface area contributed by atoms with Crippen LogP contribution in [0.5, 0.6) is 0 Å². The molecule has 2 fully saturated rings. The van der Waals surface area contributed by atoms with Gasteiger partial charge in [0.25, 0.3) is 0 Å². The van der Waals surface area contributed by atoms with Gasteiger partial charge in [0.05, 0.1) is 18.8 Å². The molecule has 1 aromatic rings. The number of ether oxygens (including phenoxy) is 2. The summed E-state index contributed by atoms with van der Waals surface area (Å²) in [7, 11) is 0. The van der Waals surface area contributed by atoms with Crippen molar-refractivity contribution in [1.82, 2.24) is 0 Å². The molecule has 1 saturated carbocycles. The Kier molecular flexibility index (Phi) is 5.17. The molecular formula is C19H28O3. The van der Waals surface area contributed by atoms with Crippen LogP contribution in [0.2, 0.25) is 0 Å². The third-order valence-electron chi connectivity index (χ3n) is 4.99. The number of hydrogen-bond acceptors (Lipinski definition) is 3. The maximum absolute atomic E-state index is 10.3. The van der Waals surface area contributed by atoms with Gasteiger partial charge in [0, 0.05) is 12.8 Å². The summed E-state index contributed by atoms with van der Waals surface area (Å²) in [5.74, 6) is -0.265. The second-order valence-corrected chi connectivity index (χ2v) is 6.88. The first-order valence-corrected chi connectivity index (χ1v) is 8.73. The highest BCUT2D eigenvalue weighted by atomic mass is 16.7. The minimum absolute atomic E-state index is 0.211. The molecule has 0 aromatic heterocycles. The molecule has 0 bridgehead atoms. The van der Waals surface area contributed by atoms with Gasteiger partial charge in [-0.25, -0.2) is 0 Å². The van der Waals surface area contributed by atoms with E-state index in [-0.39, 0.29) is 18.0 Å². The fraction of sp³-hybridized carbons (Fsp3) is 0.684. The minimum Gasteiger partial charge on any atom is -0.388 e. The highest BCUT2D eigenvalue weighted by molar-refractivity contribution is 5.22. The van der Waals surface area contributed by atoms with Crippen molar-refractivity contribution in [3.05, 3.63) is 35.4 Å². The molecule has 2 aliphatic rings. The molecule has 1 spiro atoms. The van der Waals surface area contributed by atoms with E-state index in [1.165, 1.54) is 24.8 Å². The van der Waals surface area contributed by atoms with Gasteiger partial charge in [-0.1, -0.05) is 36.2 Å². The van der Waals surface area contributed by atoms with Gasteiger partial charge >= 0.3 is 0 Å². The fourth-order valence-corrected chi connectivity index (χ4v) is 3.61. The molecule has 122 valence electrons. The first-order valence-electron chi connectivity index (χ1n) is 8.73. The van der Waals surface area contributed by atoms with E-state index in [0.29, 0.717) is 0 Å². The van der Waals surface area contributed by atoms with Crippen LogP contribution in [-0.4, -0.2) is 23.6 Å². The van der Waals surface area contributed by atoms with Crippen LogP contribution in [0.25, 0.3) is 0 Å². The topological polar surface area (TPSA) is 38.7 Å². The maximum Gasteiger partial charge on any atom is 0.168 e. The average Bonchev–Trinajstić information content (AvgIpc) is 2.91. The second kappa shape index (κ2) is 7.12. The largest absolute Gasteiger partial charge is 0.388 e.